The van der Waals surface area contributed by atoms with Crippen LogP contribution in [0.5, 0.6) is 11.5 Å². The zero-order valence-corrected chi connectivity index (χ0v) is 15.7. The van der Waals surface area contributed by atoms with Crippen LogP contribution in [0.4, 0.5) is 5.69 Å². The van der Waals surface area contributed by atoms with Gasteiger partial charge < -0.3 is 14.8 Å². The van der Waals surface area contributed by atoms with Gasteiger partial charge in [0.15, 0.2) is 0 Å². The van der Waals surface area contributed by atoms with Crippen molar-refractivity contribution in [3.63, 3.8) is 0 Å². The molecule has 0 saturated carbocycles. The summed E-state index contributed by atoms with van der Waals surface area (Å²) >= 11 is 0. The highest BCUT2D eigenvalue weighted by Gasteiger charge is 2.20. The van der Waals surface area contributed by atoms with Gasteiger partial charge in [0.05, 0.1) is 32.7 Å². The van der Waals surface area contributed by atoms with Crippen molar-refractivity contribution < 1.29 is 22.7 Å². The molecule has 0 atom stereocenters. The van der Waals surface area contributed by atoms with Crippen LogP contribution in [0.2, 0.25) is 0 Å². The van der Waals surface area contributed by atoms with Crippen LogP contribution < -0.4 is 19.1 Å². The summed E-state index contributed by atoms with van der Waals surface area (Å²) in [7, 11) is -0.511. The molecule has 0 spiro atoms. The molecule has 0 radical (unpaired) electrons. The van der Waals surface area contributed by atoms with Gasteiger partial charge >= 0.3 is 0 Å². The van der Waals surface area contributed by atoms with Crippen molar-refractivity contribution in [2.75, 3.05) is 37.9 Å². The summed E-state index contributed by atoms with van der Waals surface area (Å²) in [6.45, 7) is 0.233. The number of nitrogens with zero attached hydrogens (tertiary/aromatic N) is 1. The van der Waals surface area contributed by atoms with E-state index < -0.39 is 10.0 Å². The smallest absolute Gasteiger partial charge is 0.251 e. The van der Waals surface area contributed by atoms with Crippen molar-refractivity contribution >= 4 is 21.6 Å². The largest absolute Gasteiger partial charge is 0.497 e. The summed E-state index contributed by atoms with van der Waals surface area (Å²) in [5, 5.41) is 2.72. The molecule has 2 aromatic carbocycles. The van der Waals surface area contributed by atoms with Crippen molar-refractivity contribution in [2.45, 2.75) is 0 Å². The molecule has 0 aliphatic carbocycles. The number of carbonyl (C=O) groups excluding carboxylic acids is 1. The molecular formula is C18H22N2O5S. The number of amides is 1. The summed E-state index contributed by atoms with van der Waals surface area (Å²) in [4.78, 5) is 12.2. The van der Waals surface area contributed by atoms with E-state index in [1.165, 1.54) is 11.4 Å². The van der Waals surface area contributed by atoms with Crippen LogP contribution in [0.1, 0.15) is 10.4 Å². The Kier molecular flexibility index (Phi) is 6.46. The maximum atomic E-state index is 12.2. The van der Waals surface area contributed by atoms with Gasteiger partial charge in [0.2, 0.25) is 10.0 Å². The third-order valence-corrected chi connectivity index (χ3v) is 4.89. The molecule has 0 saturated heterocycles. The average Bonchev–Trinajstić information content (AvgIpc) is 2.64. The molecular weight excluding hydrogens is 356 g/mol. The van der Waals surface area contributed by atoms with Crippen LogP contribution >= 0.6 is 0 Å². The van der Waals surface area contributed by atoms with Crippen molar-refractivity contribution in [1.29, 1.82) is 0 Å². The summed E-state index contributed by atoms with van der Waals surface area (Å²) < 4.78 is 35.8. The molecule has 0 aliphatic rings. The summed E-state index contributed by atoms with van der Waals surface area (Å²) in [6.07, 6.45) is 1.12. The fourth-order valence-electron chi connectivity index (χ4n) is 2.42. The molecule has 0 fully saturated rings. The van der Waals surface area contributed by atoms with Gasteiger partial charge in [-0.05, 0) is 36.4 Å². The van der Waals surface area contributed by atoms with E-state index >= 15 is 0 Å². The topological polar surface area (TPSA) is 84.9 Å². The lowest BCUT2D eigenvalue weighted by atomic mass is 10.2. The van der Waals surface area contributed by atoms with Gasteiger partial charge in [-0.2, -0.15) is 0 Å². The lowest BCUT2D eigenvalue weighted by Gasteiger charge is -2.24. The summed E-state index contributed by atoms with van der Waals surface area (Å²) in [5.41, 5.74) is 0.894. The summed E-state index contributed by atoms with van der Waals surface area (Å²) in [5.74, 6) is 0.807. The van der Waals surface area contributed by atoms with Crippen LogP contribution in [0.3, 0.4) is 0 Å². The number of nitrogens with one attached hydrogen (secondary N) is 1. The number of methoxy groups -OCH3 is 2. The summed E-state index contributed by atoms with van der Waals surface area (Å²) in [6, 6.07) is 13.5. The Morgan fingerprint density at radius 1 is 1.04 bits per heavy atom. The predicted octanol–water partition coefficient (Wildman–Crippen LogP) is 1.90. The normalized spacial score (nSPS) is 10.9. The van der Waals surface area contributed by atoms with Gasteiger partial charge in [0, 0.05) is 12.1 Å². The molecule has 1 N–H and O–H groups in total. The number of rotatable bonds is 8. The lowest BCUT2D eigenvalue weighted by Crippen LogP contribution is -2.38. The van der Waals surface area contributed by atoms with Crippen LogP contribution in [0.15, 0.2) is 48.5 Å². The first-order valence-electron chi connectivity index (χ1n) is 7.90. The number of ether oxygens (including phenoxy) is 2. The highest BCUT2D eigenvalue weighted by molar-refractivity contribution is 7.92. The maximum absolute atomic E-state index is 12.2. The van der Waals surface area contributed by atoms with Gasteiger partial charge in [-0.3, -0.25) is 9.10 Å². The maximum Gasteiger partial charge on any atom is 0.251 e. The molecule has 2 rings (SSSR count). The highest BCUT2D eigenvalue weighted by Crippen LogP contribution is 2.29. The molecule has 0 heterocycles. The van der Waals surface area contributed by atoms with Crippen LogP contribution in [0.25, 0.3) is 0 Å². The van der Waals surface area contributed by atoms with Gasteiger partial charge in [0.25, 0.3) is 5.91 Å². The standard InChI is InChI=1S/C18H22N2O5S/c1-24-15-10-8-14(9-11-15)18(21)19-12-13-20(26(3,22)23)16-6-4-5-7-17(16)25-2/h4-11H,12-13H2,1-3H3,(H,19,21). The Labute approximate surface area is 153 Å². The molecule has 26 heavy (non-hydrogen) atoms. The van der Waals surface area contributed by atoms with Gasteiger partial charge in [-0.1, -0.05) is 12.1 Å². The average molecular weight is 378 g/mol. The number of benzene rings is 2. The number of hydrogen-bond donors (Lipinski definition) is 1. The van der Waals surface area contributed by atoms with E-state index in [1.807, 2.05) is 0 Å². The van der Waals surface area contributed by atoms with Crippen molar-refractivity contribution in [2.24, 2.45) is 0 Å². The number of anilines is 1. The first-order valence-corrected chi connectivity index (χ1v) is 9.74. The molecule has 0 aromatic heterocycles. The molecule has 0 aliphatic heterocycles. The highest BCUT2D eigenvalue weighted by atomic mass is 32.2. The van der Waals surface area contributed by atoms with Crippen LogP contribution in [-0.4, -0.2) is 47.9 Å². The minimum atomic E-state index is -3.54. The van der Waals surface area contributed by atoms with Gasteiger partial charge in [-0.25, -0.2) is 8.42 Å². The van der Waals surface area contributed by atoms with E-state index in [2.05, 4.69) is 5.32 Å². The zero-order valence-electron chi connectivity index (χ0n) is 14.9. The van der Waals surface area contributed by atoms with Crippen molar-refractivity contribution in [3.05, 3.63) is 54.1 Å². The van der Waals surface area contributed by atoms with E-state index in [1.54, 1.807) is 55.6 Å². The Balaban J connectivity index is 2.07. The second-order valence-electron chi connectivity index (χ2n) is 5.49. The van der Waals surface area contributed by atoms with Gasteiger partial charge in [0.1, 0.15) is 11.5 Å². The zero-order chi connectivity index (χ0) is 19.2. The minimum absolute atomic E-state index is 0.0844. The molecule has 140 valence electrons. The Bertz CT molecular complexity index is 850. The molecule has 1 amide bonds. The van der Waals surface area contributed by atoms with Crippen molar-refractivity contribution in [3.8, 4) is 11.5 Å². The van der Waals surface area contributed by atoms with E-state index in [-0.39, 0.29) is 19.0 Å². The Morgan fingerprint density at radius 3 is 2.27 bits per heavy atom. The lowest BCUT2D eigenvalue weighted by molar-refractivity contribution is 0.0955. The third kappa shape index (κ3) is 4.89. The van der Waals surface area contributed by atoms with E-state index in [4.69, 9.17) is 9.47 Å². The number of carbonyl (C=O) groups is 1. The second kappa shape index (κ2) is 8.57. The predicted molar refractivity (Wildman–Crippen MR) is 101 cm³/mol. The van der Waals surface area contributed by atoms with Crippen molar-refractivity contribution in [1.82, 2.24) is 5.32 Å². The fourth-order valence-corrected chi connectivity index (χ4v) is 3.35. The number of hydrogen-bond acceptors (Lipinski definition) is 5. The van der Waals surface area contributed by atoms with E-state index in [9.17, 15) is 13.2 Å². The second-order valence-corrected chi connectivity index (χ2v) is 7.40. The number of para-hydroxylation sites is 2. The van der Waals surface area contributed by atoms with E-state index in [0.29, 0.717) is 22.7 Å². The molecule has 0 bridgehead atoms. The third-order valence-electron chi connectivity index (χ3n) is 3.71. The van der Waals surface area contributed by atoms with Crippen LogP contribution in [-0.2, 0) is 10.0 Å². The Morgan fingerprint density at radius 2 is 1.69 bits per heavy atom. The fraction of sp³-hybridized carbons (Fsp3) is 0.278. The number of sulfonamides is 1. The van der Waals surface area contributed by atoms with Crippen LogP contribution in [0, 0.1) is 0 Å². The van der Waals surface area contributed by atoms with Gasteiger partial charge in [-0.15, -0.1) is 0 Å². The molecule has 7 nitrogen and oxygen atoms in total. The SMILES string of the molecule is COc1ccc(C(=O)NCCN(c2ccccc2OC)S(C)(=O)=O)cc1. The molecule has 0 unspecified atom stereocenters. The monoisotopic (exact) mass is 378 g/mol. The molecule has 2 aromatic rings. The first-order chi connectivity index (χ1) is 12.4. The molecule has 8 heteroatoms. The van der Waals surface area contributed by atoms with E-state index in [0.717, 1.165) is 6.26 Å². The Hall–Kier alpha value is -2.74. The quantitative estimate of drug-likeness (QED) is 0.758. The minimum Gasteiger partial charge on any atom is -0.497 e. The first kappa shape index (κ1) is 19.6.